The van der Waals surface area contributed by atoms with Crippen LogP contribution in [-0.2, 0) is 9.59 Å². The highest BCUT2D eigenvalue weighted by Gasteiger charge is 2.12. The number of carbonyl (C=O) groups is 2. The molecule has 2 N–H and O–H groups in total. The molecule has 17 heavy (non-hydrogen) atoms. The minimum Gasteiger partial charge on any atom is -0.481 e. The molecule has 0 saturated heterocycles. The zero-order valence-corrected chi connectivity index (χ0v) is 10.2. The van der Waals surface area contributed by atoms with Gasteiger partial charge in [0.1, 0.15) is 0 Å². The van der Waals surface area contributed by atoms with E-state index in [0.29, 0.717) is 5.02 Å². The van der Waals surface area contributed by atoms with Gasteiger partial charge in [0.2, 0.25) is 5.91 Å². The molecule has 0 fully saturated rings. The summed E-state index contributed by atoms with van der Waals surface area (Å²) in [7, 11) is 0. The van der Waals surface area contributed by atoms with E-state index < -0.39 is 5.97 Å². The molecule has 1 rings (SSSR count). The third-order valence-electron chi connectivity index (χ3n) is 2.32. The molecule has 0 bridgehead atoms. The Kier molecular flexibility index (Phi) is 4.97. The predicted octanol–water partition coefficient (Wildman–Crippen LogP) is 2.38. The van der Waals surface area contributed by atoms with E-state index in [0.717, 1.165) is 5.56 Å². The summed E-state index contributed by atoms with van der Waals surface area (Å²) in [6.07, 6.45) is -0.189. The van der Waals surface area contributed by atoms with E-state index in [1.807, 2.05) is 18.2 Å². The minimum absolute atomic E-state index is 0.0237. The number of carbonyl (C=O) groups excluding carboxylic acids is 1. The number of rotatable bonds is 5. The lowest BCUT2D eigenvalue weighted by molar-refractivity contribution is -0.138. The second-order valence-electron chi connectivity index (χ2n) is 3.70. The van der Waals surface area contributed by atoms with Crippen LogP contribution >= 0.6 is 11.6 Å². The molecule has 0 saturated carbocycles. The molecule has 0 aliphatic rings. The molecule has 0 aliphatic carbocycles. The molecule has 0 unspecified atom stereocenters. The second kappa shape index (κ2) is 6.25. The van der Waals surface area contributed by atoms with Gasteiger partial charge in [0.25, 0.3) is 0 Å². The van der Waals surface area contributed by atoms with Crippen LogP contribution in [0.25, 0.3) is 0 Å². The summed E-state index contributed by atoms with van der Waals surface area (Å²) < 4.78 is 0. The summed E-state index contributed by atoms with van der Waals surface area (Å²) in [6.45, 7) is 1.81. The maximum atomic E-state index is 11.4. The van der Waals surface area contributed by atoms with E-state index in [1.54, 1.807) is 13.0 Å². The number of hydrogen-bond acceptors (Lipinski definition) is 2. The third kappa shape index (κ3) is 4.44. The van der Waals surface area contributed by atoms with Gasteiger partial charge in [-0.3, -0.25) is 9.59 Å². The van der Waals surface area contributed by atoms with E-state index in [-0.39, 0.29) is 24.8 Å². The largest absolute Gasteiger partial charge is 0.481 e. The molecule has 0 radical (unpaired) electrons. The molecule has 1 aromatic carbocycles. The highest BCUT2D eigenvalue weighted by molar-refractivity contribution is 6.31. The molecule has 1 amide bonds. The summed E-state index contributed by atoms with van der Waals surface area (Å²) in [5.41, 5.74) is 0.817. The molecule has 0 heterocycles. The van der Waals surface area contributed by atoms with Gasteiger partial charge >= 0.3 is 5.97 Å². The normalized spacial score (nSPS) is 11.9. The van der Waals surface area contributed by atoms with Gasteiger partial charge in [-0.1, -0.05) is 29.8 Å². The van der Waals surface area contributed by atoms with Crippen LogP contribution in [0.3, 0.4) is 0 Å². The lowest BCUT2D eigenvalue weighted by Crippen LogP contribution is -2.27. The molecule has 5 heteroatoms. The molecule has 0 aliphatic heterocycles. The van der Waals surface area contributed by atoms with Crippen LogP contribution in [0.1, 0.15) is 31.4 Å². The maximum Gasteiger partial charge on any atom is 0.303 e. The van der Waals surface area contributed by atoms with E-state index in [1.165, 1.54) is 0 Å². The average Bonchev–Trinajstić information content (AvgIpc) is 2.26. The molecule has 1 aromatic rings. The van der Waals surface area contributed by atoms with Gasteiger partial charge in [0.15, 0.2) is 0 Å². The highest BCUT2D eigenvalue weighted by Crippen LogP contribution is 2.22. The standard InChI is InChI=1S/C12H14ClNO3/c1-8(9-4-2-3-5-10(9)13)14-11(15)6-7-12(16)17/h2-5,8H,6-7H2,1H3,(H,14,15)(H,16,17)/t8-/m1/s1. The Morgan fingerprint density at radius 1 is 1.35 bits per heavy atom. The molecular formula is C12H14ClNO3. The van der Waals surface area contributed by atoms with Crippen LogP contribution < -0.4 is 5.32 Å². The molecule has 4 nitrogen and oxygen atoms in total. The fraction of sp³-hybridized carbons (Fsp3) is 0.333. The lowest BCUT2D eigenvalue weighted by atomic mass is 10.1. The Morgan fingerprint density at radius 2 is 2.00 bits per heavy atom. The third-order valence-corrected chi connectivity index (χ3v) is 2.66. The Labute approximate surface area is 105 Å². The first-order valence-electron chi connectivity index (χ1n) is 5.26. The quantitative estimate of drug-likeness (QED) is 0.849. The number of carboxylic acid groups (broad SMARTS) is 1. The van der Waals surface area contributed by atoms with Crippen molar-refractivity contribution in [1.82, 2.24) is 5.32 Å². The summed E-state index contributed by atoms with van der Waals surface area (Å²) >= 11 is 5.98. The van der Waals surface area contributed by atoms with Crippen molar-refractivity contribution in [3.63, 3.8) is 0 Å². The monoisotopic (exact) mass is 255 g/mol. The van der Waals surface area contributed by atoms with E-state index in [2.05, 4.69) is 5.32 Å². The van der Waals surface area contributed by atoms with Gasteiger partial charge in [0.05, 0.1) is 12.5 Å². The Hall–Kier alpha value is -1.55. The van der Waals surface area contributed by atoms with Crippen LogP contribution in [0.5, 0.6) is 0 Å². The lowest BCUT2D eigenvalue weighted by Gasteiger charge is -2.15. The van der Waals surface area contributed by atoms with Crippen molar-refractivity contribution in [2.75, 3.05) is 0 Å². The van der Waals surface area contributed by atoms with Gasteiger partial charge in [-0.25, -0.2) is 0 Å². The minimum atomic E-state index is -0.981. The van der Waals surface area contributed by atoms with Crippen molar-refractivity contribution in [2.24, 2.45) is 0 Å². The summed E-state index contributed by atoms with van der Waals surface area (Å²) in [4.78, 5) is 21.7. The average molecular weight is 256 g/mol. The Bertz CT molecular complexity index is 420. The molecule has 0 spiro atoms. The fourth-order valence-corrected chi connectivity index (χ4v) is 1.74. The van der Waals surface area contributed by atoms with E-state index >= 15 is 0 Å². The Balaban J connectivity index is 2.55. The smallest absolute Gasteiger partial charge is 0.303 e. The summed E-state index contributed by atoms with van der Waals surface area (Å²) in [5.74, 6) is -1.27. The number of halogens is 1. The van der Waals surface area contributed by atoms with Crippen molar-refractivity contribution in [2.45, 2.75) is 25.8 Å². The summed E-state index contributed by atoms with van der Waals surface area (Å²) in [5, 5.41) is 11.7. The first-order valence-corrected chi connectivity index (χ1v) is 5.64. The van der Waals surface area contributed by atoms with Crippen molar-refractivity contribution in [1.29, 1.82) is 0 Å². The first kappa shape index (κ1) is 13.5. The van der Waals surface area contributed by atoms with Gasteiger partial charge in [-0.15, -0.1) is 0 Å². The SMILES string of the molecule is C[C@@H](NC(=O)CCC(=O)O)c1ccccc1Cl. The number of aliphatic carboxylic acids is 1. The van der Waals surface area contributed by atoms with Crippen molar-refractivity contribution in [3.05, 3.63) is 34.9 Å². The molecular weight excluding hydrogens is 242 g/mol. The van der Waals surface area contributed by atoms with Gasteiger partial charge in [-0.2, -0.15) is 0 Å². The van der Waals surface area contributed by atoms with Crippen molar-refractivity contribution < 1.29 is 14.7 Å². The first-order chi connectivity index (χ1) is 8.00. The maximum absolute atomic E-state index is 11.4. The topological polar surface area (TPSA) is 66.4 Å². The molecule has 0 aromatic heterocycles. The summed E-state index contributed by atoms with van der Waals surface area (Å²) in [6, 6.07) is 6.98. The van der Waals surface area contributed by atoms with Gasteiger partial charge in [-0.05, 0) is 18.6 Å². The van der Waals surface area contributed by atoms with Crippen LogP contribution in [0.2, 0.25) is 5.02 Å². The van der Waals surface area contributed by atoms with Gasteiger partial charge < -0.3 is 10.4 Å². The van der Waals surface area contributed by atoms with Crippen molar-refractivity contribution in [3.8, 4) is 0 Å². The molecule has 1 atom stereocenters. The van der Waals surface area contributed by atoms with Crippen LogP contribution in [0.4, 0.5) is 0 Å². The van der Waals surface area contributed by atoms with Gasteiger partial charge in [0, 0.05) is 11.4 Å². The highest BCUT2D eigenvalue weighted by atomic mass is 35.5. The van der Waals surface area contributed by atoms with E-state index in [9.17, 15) is 9.59 Å². The van der Waals surface area contributed by atoms with Crippen LogP contribution in [0.15, 0.2) is 24.3 Å². The fourth-order valence-electron chi connectivity index (χ4n) is 1.44. The predicted molar refractivity (Wildman–Crippen MR) is 64.9 cm³/mol. The number of nitrogens with one attached hydrogen (secondary N) is 1. The number of carboxylic acids is 1. The zero-order chi connectivity index (χ0) is 12.8. The zero-order valence-electron chi connectivity index (χ0n) is 9.44. The van der Waals surface area contributed by atoms with Crippen LogP contribution in [0, 0.1) is 0 Å². The second-order valence-corrected chi connectivity index (χ2v) is 4.11. The number of amides is 1. The molecule has 92 valence electrons. The van der Waals surface area contributed by atoms with Crippen molar-refractivity contribution >= 4 is 23.5 Å². The Morgan fingerprint density at radius 3 is 2.59 bits per heavy atom. The number of benzene rings is 1. The van der Waals surface area contributed by atoms with Crippen LogP contribution in [-0.4, -0.2) is 17.0 Å². The van der Waals surface area contributed by atoms with E-state index in [4.69, 9.17) is 16.7 Å². The number of hydrogen-bond donors (Lipinski definition) is 2.